The van der Waals surface area contributed by atoms with Crippen LogP contribution < -0.4 is 5.56 Å². The summed E-state index contributed by atoms with van der Waals surface area (Å²) in [6.07, 6.45) is 1.11. The van der Waals surface area contributed by atoms with Crippen molar-refractivity contribution in [3.8, 4) is 5.75 Å². The minimum absolute atomic E-state index is 0.0502. The van der Waals surface area contributed by atoms with Gasteiger partial charge in [-0.15, -0.1) is 0 Å². The van der Waals surface area contributed by atoms with Crippen LogP contribution >= 0.6 is 0 Å². The summed E-state index contributed by atoms with van der Waals surface area (Å²) in [5, 5.41) is 10.8. The molecule has 1 aromatic carbocycles. The van der Waals surface area contributed by atoms with Crippen molar-refractivity contribution in [3.05, 3.63) is 39.7 Å². The predicted octanol–water partition coefficient (Wildman–Crippen LogP) is 2.89. The molecule has 2 aromatic rings. The summed E-state index contributed by atoms with van der Waals surface area (Å²) in [5.41, 5.74) is -0.0864. The van der Waals surface area contributed by atoms with Crippen molar-refractivity contribution < 1.29 is 19.4 Å². The standard InChI is InChI=1S/C18H21NO5/c1-4-7-14(20)11-8-9-13-12(10-11)16(21)15(18(23)24-6-3)17(22)19(13)5-2/h8-10,21H,4-7H2,1-3H3. The molecule has 1 heterocycles. The fraction of sp³-hybridized carbons (Fsp3) is 0.389. The van der Waals surface area contributed by atoms with Gasteiger partial charge in [-0.25, -0.2) is 4.79 Å². The third-order valence-electron chi connectivity index (χ3n) is 3.83. The summed E-state index contributed by atoms with van der Waals surface area (Å²) in [7, 11) is 0. The van der Waals surface area contributed by atoms with Crippen molar-refractivity contribution in [1.82, 2.24) is 4.57 Å². The SMILES string of the molecule is CCCC(=O)c1ccc2c(c1)c(O)c(C(=O)OCC)c(=O)n2CC. The van der Waals surface area contributed by atoms with Crippen LogP contribution in [-0.2, 0) is 11.3 Å². The van der Waals surface area contributed by atoms with Crippen molar-refractivity contribution in [2.75, 3.05) is 6.61 Å². The molecule has 0 aliphatic rings. The number of esters is 1. The lowest BCUT2D eigenvalue weighted by Gasteiger charge is -2.14. The molecule has 0 bridgehead atoms. The van der Waals surface area contributed by atoms with E-state index < -0.39 is 22.8 Å². The summed E-state index contributed by atoms with van der Waals surface area (Å²) >= 11 is 0. The molecule has 0 amide bonds. The van der Waals surface area contributed by atoms with E-state index in [9.17, 15) is 19.5 Å². The highest BCUT2D eigenvalue weighted by molar-refractivity contribution is 6.03. The van der Waals surface area contributed by atoms with E-state index in [0.717, 1.165) is 0 Å². The number of benzene rings is 1. The zero-order valence-corrected chi connectivity index (χ0v) is 14.1. The number of nitrogens with zero attached hydrogens (tertiary/aromatic N) is 1. The first-order valence-electron chi connectivity index (χ1n) is 8.06. The number of pyridine rings is 1. The maximum absolute atomic E-state index is 12.5. The van der Waals surface area contributed by atoms with E-state index in [1.165, 1.54) is 10.6 Å². The van der Waals surface area contributed by atoms with Crippen LogP contribution in [0, 0.1) is 0 Å². The first kappa shape index (κ1) is 17.7. The van der Waals surface area contributed by atoms with Gasteiger partial charge in [-0.2, -0.15) is 0 Å². The summed E-state index contributed by atoms with van der Waals surface area (Å²) in [4.78, 5) is 36.7. The third kappa shape index (κ3) is 3.04. The molecular weight excluding hydrogens is 310 g/mol. The van der Waals surface area contributed by atoms with Crippen LogP contribution in [0.2, 0.25) is 0 Å². The van der Waals surface area contributed by atoms with Crippen molar-refractivity contribution in [2.45, 2.75) is 40.2 Å². The van der Waals surface area contributed by atoms with E-state index in [1.807, 2.05) is 6.92 Å². The second kappa shape index (κ2) is 7.29. The average Bonchev–Trinajstić information content (AvgIpc) is 2.55. The molecule has 0 saturated heterocycles. The molecular formula is C18H21NO5. The monoisotopic (exact) mass is 331 g/mol. The van der Waals surface area contributed by atoms with Gasteiger partial charge in [-0.05, 0) is 38.5 Å². The lowest BCUT2D eigenvalue weighted by Crippen LogP contribution is -2.27. The smallest absolute Gasteiger partial charge is 0.347 e. The number of aryl methyl sites for hydroxylation is 1. The Morgan fingerprint density at radius 3 is 2.50 bits per heavy atom. The van der Waals surface area contributed by atoms with E-state index in [1.54, 1.807) is 26.0 Å². The van der Waals surface area contributed by atoms with E-state index in [0.29, 0.717) is 35.9 Å². The summed E-state index contributed by atoms with van der Waals surface area (Å²) < 4.78 is 6.26. The molecule has 0 fully saturated rings. The fourth-order valence-corrected chi connectivity index (χ4v) is 2.69. The quantitative estimate of drug-likeness (QED) is 0.650. The van der Waals surface area contributed by atoms with Crippen LogP contribution in [0.15, 0.2) is 23.0 Å². The van der Waals surface area contributed by atoms with E-state index >= 15 is 0 Å². The van der Waals surface area contributed by atoms with Crippen LogP contribution in [0.1, 0.15) is 54.3 Å². The van der Waals surface area contributed by atoms with Crippen LogP contribution in [0.5, 0.6) is 5.75 Å². The molecule has 0 atom stereocenters. The van der Waals surface area contributed by atoms with E-state index in [2.05, 4.69) is 0 Å². The number of Topliss-reactive ketones (excluding diaryl/α,β-unsaturated/α-hetero) is 1. The Hall–Kier alpha value is -2.63. The van der Waals surface area contributed by atoms with Crippen molar-refractivity contribution in [3.63, 3.8) is 0 Å². The molecule has 128 valence electrons. The normalized spacial score (nSPS) is 10.8. The van der Waals surface area contributed by atoms with Crippen molar-refractivity contribution in [1.29, 1.82) is 0 Å². The Morgan fingerprint density at radius 2 is 1.92 bits per heavy atom. The fourth-order valence-electron chi connectivity index (χ4n) is 2.69. The Morgan fingerprint density at radius 1 is 1.21 bits per heavy atom. The maximum atomic E-state index is 12.5. The number of ether oxygens (including phenoxy) is 1. The summed E-state index contributed by atoms with van der Waals surface area (Å²) in [6.45, 7) is 5.71. The van der Waals surface area contributed by atoms with E-state index in [4.69, 9.17) is 4.74 Å². The molecule has 24 heavy (non-hydrogen) atoms. The first-order chi connectivity index (χ1) is 11.5. The highest BCUT2D eigenvalue weighted by atomic mass is 16.5. The van der Waals surface area contributed by atoms with Crippen molar-refractivity contribution >= 4 is 22.7 Å². The minimum Gasteiger partial charge on any atom is -0.506 e. The van der Waals surface area contributed by atoms with Gasteiger partial charge in [0, 0.05) is 23.9 Å². The number of carbonyl (C=O) groups is 2. The number of aromatic nitrogens is 1. The number of hydrogen-bond acceptors (Lipinski definition) is 5. The molecule has 6 heteroatoms. The highest BCUT2D eigenvalue weighted by Crippen LogP contribution is 2.28. The molecule has 6 nitrogen and oxygen atoms in total. The van der Waals surface area contributed by atoms with Gasteiger partial charge < -0.3 is 14.4 Å². The lowest BCUT2D eigenvalue weighted by atomic mass is 10.0. The molecule has 0 saturated carbocycles. The summed E-state index contributed by atoms with van der Waals surface area (Å²) in [5.74, 6) is -1.36. The lowest BCUT2D eigenvalue weighted by molar-refractivity contribution is 0.0520. The zero-order chi connectivity index (χ0) is 17.9. The van der Waals surface area contributed by atoms with E-state index in [-0.39, 0.29) is 12.4 Å². The second-order valence-corrected chi connectivity index (χ2v) is 5.40. The first-order valence-corrected chi connectivity index (χ1v) is 8.06. The predicted molar refractivity (Wildman–Crippen MR) is 90.7 cm³/mol. The average molecular weight is 331 g/mol. The van der Waals surface area contributed by atoms with Gasteiger partial charge in [0.15, 0.2) is 11.3 Å². The van der Waals surface area contributed by atoms with Gasteiger partial charge in [0.2, 0.25) is 0 Å². The number of rotatable bonds is 6. The Labute approximate surface area is 139 Å². The molecule has 2 rings (SSSR count). The molecule has 0 spiro atoms. The van der Waals surface area contributed by atoms with Crippen LogP contribution in [0.25, 0.3) is 10.9 Å². The second-order valence-electron chi connectivity index (χ2n) is 5.40. The van der Waals surface area contributed by atoms with Gasteiger partial charge in [-0.1, -0.05) is 6.92 Å². The molecule has 0 aliphatic heterocycles. The topological polar surface area (TPSA) is 85.6 Å². The number of carbonyl (C=O) groups excluding carboxylic acids is 2. The number of fused-ring (bicyclic) bond motifs is 1. The van der Waals surface area contributed by atoms with Crippen LogP contribution in [-0.4, -0.2) is 28.0 Å². The zero-order valence-electron chi connectivity index (χ0n) is 14.1. The largest absolute Gasteiger partial charge is 0.506 e. The number of ketones is 1. The number of aromatic hydroxyl groups is 1. The van der Waals surface area contributed by atoms with Gasteiger partial charge in [-0.3, -0.25) is 9.59 Å². The minimum atomic E-state index is -0.866. The molecule has 1 aromatic heterocycles. The van der Waals surface area contributed by atoms with Gasteiger partial charge in [0.05, 0.1) is 12.1 Å². The van der Waals surface area contributed by atoms with Gasteiger partial charge in [0.25, 0.3) is 5.56 Å². The van der Waals surface area contributed by atoms with Crippen molar-refractivity contribution in [2.24, 2.45) is 0 Å². The van der Waals surface area contributed by atoms with Gasteiger partial charge in [0.1, 0.15) is 5.75 Å². The van der Waals surface area contributed by atoms with Crippen LogP contribution in [0.4, 0.5) is 0 Å². The van der Waals surface area contributed by atoms with Crippen LogP contribution in [0.3, 0.4) is 0 Å². The van der Waals surface area contributed by atoms with Gasteiger partial charge >= 0.3 is 5.97 Å². The molecule has 0 aliphatic carbocycles. The number of hydrogen-bond donors (Lipinski definition) is 1. The maximum Gasteiger partial charge on any atom is 0.347 e. The molecule has 0 radical (unpaired) electrons. The Bertz CT molecular complexity index is 851. The molecule has 0 unspecified atom stereocenters. The Kier molecular flexibility index (Phi) is 5.39. The highest BCUT2D eigenvalue weighted by Gasteiger charge is 2.23. The third-order valence-corrected chi connectivity index (χ3v) is 3.83. The molecule has 1 N–H and O–H groups in total. The Balaban J connectivity index is 2.78. The summed E-state index contributed by atoms with van der Waals surface area (Å²) in [6, 6.07) is 4.78.